The van der Waals surface area contributed by atoms with Gasteiger partial charge < -0.3 is 10.1 Å². The first kappa shape index (κ1) is 15.5. The van der Waals surface area contributed by atoms with Crippen LogP contribution in [0.2, 0.25) is 0 Å². The highest BCUT2D eigenvalue weighted by Crippen LogP contribution is 2.42. The van der Waals surface area contributed by atoms with Crippen LogP contribution in [0, 0.1) is 11.3 Å². The van der Waals surface area contributed by atoms with Crippen LogP contribution in [0.15, 0.2) is 0 Å². The minimum atomic E-state index is -0.0685. The van der Waals surface area contributed by atoms with Crippen molar-refractivity contribution in [2.75, 3.05) is 13.7 Å². The Labute approximate surface area is 112 Å². The Morgan fingerprint density at radius 2 is 1.89 bits per heavy atom. The molecule has 0 atom stereocenters. The lowest BCUT2D eigenvalue weighted by Crippen LogP contribution is -2.49. The highest BCUT2D eigenvalue weighted by Gasteiger charge is 2.39. The van der Waals surface area contributed by atoms with Crippen LogP contribution in [-0.4, -0.2) is 25.2 Å². The van der Waals surface area contributed by atoms with Gasteiger partial charge in [0.1, 0.15) is 0 Å². The summed E-state index contributed by atoms with van der Waals surface area (Å²) in [6, 6.07) is 0. The molecule has 1 saturated carbocycles. The summed E-state index contributed by atoms with van der Waals surface area (Å²) in [4.78, 5) is 11.7. The summed E-state index contributed by atoms with van der Waals surface area (Å²) in [5, 5.41) is 3.38. The van der Waals surface area contributed by atoms with Crippen molar-refractivity contribution in [1.82, 2.24) is 5.32 Å². The van der Waals surface area contributed by atoms with E-state index in [-0.39, 0.29) is 11.5 Å². The summed E-state index contributed by atoms with van der Waals surface area (Å²) in [5.74, 6) is 0.697. The molecule has 0 spiro atoms. The molecule has 0 aromatic heterocycles. The number of esters is 1. The zero-order chi connectivity index (χ0) is 13.8. The summed E-state index contributed by atoms with van der Waals surface area (Å²) in [6.45, 7) is 9.28. The van der Waals surface area contributed by atoms with Crippen LogP contribution in [0.4, 0.5) is 0 Å². The Morgan fingerprint density at radius 1 is 1.33 bits per heavy atom. The average Bonchev–Trinajstić information content (AvgIpc) is 2.28. The minimum Gasteiger partial charge on any atom is -0.466 e. The normalized spacial score (nSPS) is 29.1. The summed E-state index contributed by atoms with van der Waals surface area (Å²) < 4.78 is 5.09. The van der Waals surface area contributed by atoms with Crippen molar-refractivity contribution in [2.45, 2.75) is 65.3 Å². The minimum absolute atomic E-state index is 0.0337. The molecule has 3 nitrogen and oxygen atoms in total. The molecule has 0 aliphatic heterocycles. The molecular formula is C15H29NO2. The predicted molar refractivity (Wildman–Crippen MR) is 74.5 cm³/mol. The highest BCUT2D eigenvalue weighted by atomic mass is 16.5. The van der Waals surface area contributed by atoms with E-state index in [1.54, 1.807) is 0 Å². The first-order valence-corrected chi connectivity index (χ1v) is 7.17. The number of hydrogen-bond donors (Lipinski definition) is 1. The van der Waals surface area contributed by atoms with Crippen LogP contribution in [0.5, 0.6) is 0 Å². The van der Waals surface area contributed by atoms with E-state index in [1.165, 1.54) is 12.8 Å². The van der Waals surface area contributed by atoms with Gasteiger partial charge in [-0.25, -0.2) is 0 Å². The topological polar surface area (TPSA) is 38.3 Å². The monoisotopic (exact) mass is 255 g/mol. The largest absolute Gasteiger partial charge is 0.466 e. The number of nitrogens with one attached hydrogen (secondary N) is 1. The summed E-state index contributed by atoms with van der Waals surface area (Å²) in [5.41, 5.74) is 0.345. The van der Waals surface area contributed by atoms with Crippen LogP contribution in [0.1, 0.15) is 59.8 Å². The Kier molecular flexibility index (Phi) is 5.20. The van der Waals surface area contributed by atoms with E-state index in [0.717, 1.165) is 18.8 Å². The van der Waals surface area contributed by atoms with Crippen LogP contribution in [-0.2, 0) is 9.53 Å². The molecule has 0 unspecified atom stereocenters. The Hall–Kier alpha value is -0.570. The zero-order valence-corrected chi connectivity index (χ0v) is 12.6. The molecule has 0 amide bonds. The third kappa shape index (κ3) is 3.98. The van der Waals surface area contributed by atoms with Gasteiger partial charge in [0.05, 0.1) is 13.0 Å². The maximum atomic E-state index is 11.7. The number of hydrogen-bond acceptors (Lipinski definition) is 3. The molecule has 0 saturated heterocycles. The Bertz CT molecular complexity index is 273. The van der Waals surface area contributed by atoms with Gasteiger partial charge in [-0.2, -0.15) is 0 Å². The van der Waals surface area contributed by atoms with Crippen LogP contribution in [0.25, 0.3) is 0 Å². The van der Waals surface area contributed by atoms with Gasteiger partial charge >= 0.3 is 5.97 Å². The highest BCUT2D eigenvalue weighted by molar-refractivity contribution is 5.70. The van der Waals surface area contributed by atoms with Crippen molar-refractivity contribution < 1.29 is 9.53 Å². The van der Waals surface area contributed by atoms with Gasteiger partial charge in [-0.1, -0.05) is 20.8 Å². The van der Waals surface area contributed by atoms with Crippen LogP contribution < -0.4 is 5.32 Å². The predicted octanol–water partition coefficient (Wildman–Crippen LogP) is 3.13. The molecule has 0 aromatic rings. The first-order valence-electron chi connectivity index (χ1n) is 7.17. The van der Waals surface area contributed by atoms with Crippen molar-refractivity contribution in [3.8, 4) is 0 Å². The molecule has 106 valence electrons. The van der Waals surface area contributed by atoms with Gasteiger partial charge in [-0.3, -0.25) is 4.79 Å². The average molecular weight is 255 g/mol. The Morgan fingerprint density at radius 3 is 2.28 bits per heavy atom. The molecule has 1 N–H and O–H groups in total. The molecule has 18 heavy (non-hydrogen) atoms. The van der Waals surface area contributed by atoms with E-state index in [9.17, 15) is 4.79 Å². The van der Waals surface area contributed by atoms with Crippen LogP contribution in [0.3, 0.4) is 0 Å². The lowest BCUT2D eigenvalue weighted by Gasteiger charge is -2.43. The lowest BCUT2D eigenvalue weighted by atomic mass is 9.66. The first-order chi connectivity index (χ1) is 8.33. The molecule has 0 radical (unpaired) electrons. The third-order valence-electron chi connectivity index (χ3n) is 4.49. The maximum absolute atomic E-state index is 11.7. The fraction of sp³-hybridized carbons (Fsp3) is 0.933. The van der Waals surface area contributed by atoms with Crippen molar-refractivity contribution in [3.63, 3.8) is 0 Å². The second-order valence-corrected chi connectivity index (χ2v) is 6.65. The molecule has 1 aliphatic rings. The molecule has 1 fully saturated rings. The fourth-order valence-electron chi connectivity index (χ4n) is 3.04. The van der Waals surface area contributed by atoms with Crippen molar-refractivity contribution in [2.24, 2.45) is 11.3 Å². The van der Waals surface area contributed by atoms with Gasteiger partial charge in [0, 0.05) is 5.54 Å². The van der Waals surface area contributed by atoms with Gasteiger partial charge in [0.15, 0.2) is 0 Å². The summed E-state index contributed by atoms with van der Waals surface area (Å²) in [7, 11) is 1.97. The lowest BCUT2D eigenvalue weighted by molar-refractivity contribution is -0.145. The van der Waals surface area contributed by atoms with Crippen LogP contribution >= 0.6 is 0 Å². The second kappa shape index (κ2) is 6.05. The molecule has 3 heteroatoms. The van der Waals surface area contributed by atoms with Crippen molar-refractivity contribution >= 4 is 5.97 Å². The fourth-order valence-corrected chi connectivity index (χ4v) is 3.04. The number of rotatable bonds is 4. The van der Waals surface area contributed by atoms with Gasteiger partial charge in [0.25, 0.3) is 0 Å². The zero-order valence-electron chi connectivity index (χ0n) is 12.6. The molecule has 0 heterocycles. The molecule has 0 bridgehead atoms. The van der Waals surface area contributed by atoms with Crippen molar-refractivity contribution in [3.05, 3.63) is 0 Å². The maximum Gasteiger partial charge on any atom is 0.307 e. The molecule has 1 aliphatic carbocycles. The van der Waals surface area contributed by atoms with Gasteiger partial charge in [-0.05, 0) is 51.0 Å². The van der Waals surface area contributed by atoms with Gasteiger partial charge in [-0.15, -0.1) is 0 Å². The van der Waals surface area contributed by atoms with E-state index in [2.05, 4.69) is 26.1 Å². The molecule has 0 aromatic carbocycles. The SMILES string of the molecule is CCOC(=O)CC1(NC)CCC(C(C)(C)C)CC1. The number of carbonyl (C=O) groups is 1. The van der Waals surface area contributed by atoms with E-state index >= 15 is 0 Å². The van der Waals surface area contributed by atoms with E-state index in [0.29, 0.717) is 18.4 Å². The third-order valence-corrected chi connectivity index (χ3v) is 4.49. The number of carbonyl (C=O) groups excluding carboxylic acids is 1. The summed E-state index contributed by atoms with van der Waals surface area (Å²) >= 11 is 0. The van der Waals surface area contributed by atoms with Gasteiger partial charge in [0.2, 0.25) is 0 Å². The smallest absolute Gasteiger partial charge is 0.307 e. The van der Waals surface area contributed by atoms with E-state index < -0.39 is 0 Å². The molecule has 1 rings (SSSR count). The second-order valence-electron chi connectivity index (χ2n) is 6.65. The molecular weight excluding hydrogens is 226 g/mol. The summed E-state index contributed by atoms with van der Waals surface area (Å²) in [6.07, 6.45) is 5.05. The quantitative estimate of drug-likeness (QED) is 0.784. The number of ether oxygens (including phenoxy) is 1. The Balaban J connectivity index is 2.57. The van der Waals surface area contributed by atoms with E-state index in [1.807, 2.05) is 14.0 Å². The standard InChI is InChI=1S/C15H29NO2/c1-6-18-13(17)11-15(16-5)9-7-12(8-10-15)14(2,3)4/h12,16H,6-11H2,1-5H3. The van der Waals surface area contributed by atoms with Crippen molar-refractivity contribution in [1.29, 1.82) is 0 Å². The van der Waals surface area contributed by atoms with E-state index in [4.69, 9.17) is 4.74 Å².